The highest BCUT2D eigenvalue weighted by molar-refractivity contribution is 7.17. The van der Waals surface area contributed by atoms with E-state index < -0.39 is 24.5 Å². The Hall–Kier alpha value is -2.87. The van der Waals surface area contributed by atoms with E-state index in [9.17, 15) is 14.4 Å². The van der Waals surface area contributed by atoms with Crippen LogP contribution in [0.5, 0.6) is 5.75 Å². The molecule has 0 bridgehead atoms. The summed E-state index contributed by atoms with van der Waals surface area (Å²) in [5, 5.41) is 3.13. The predicted octanol–water partition coefficient (Wildman–Crippen LogP) is 2.76. The lowest BCUT2D eigenvalue weighted by Crippen LogP contribution is -2.22. The minimum atomic E-state index is -0.512. The average molecular weight is 403 g/mol. The molecule has 1 aromatic heterocycles. The summed E-state index contributed by atoms with van der Waals surface area (Å²) in [7, 11) is 2.88. The van der Waals surface area contributed by atoms with Crippen molar-refractivity contribution < 1.29 is 28.6 Å². The molecule has 1 aliphatic carbocycles. The number of hydrogen-bond acceptors (Lipinski definition) is 7. The summed E-state index contributed by atoms with van der Waals surface area (Å²) in [6.45, 7) is -0.418. The van der Waals surface area contributed by atoms with Crippen molar-refractivity contribution in [3.63, 3.8) is 0 Å². The van der Waals surface area contributed by atoms with Crippen LogP contribution in [0.3, 0.4) is 0 Å². The lowest BCUT2D eigenvalue weighted by molar-refractivity contribution is -0.146. The molecular formula is C20H21NO6S. The van der Waals surface area contributed by atoms with Crippen molar-refractivity contribution in [2.24, 2.45) is 0 Å². The van der Waals surface area contributed by atoms with Gasteiger partial charge in [-0.15, -0.1) is 11.3 Å². The van der Waals surface area contributed by atoms with Crippen LogP contribution in [0, 0.1) is 0 Å². The Kier molecular flexibility index (Phi) is 6.30. The van der Waals surface area contributed by atoms with E-state index in [2.05, 4.69) is 5.32 Å². The Morgan fingerprint density at radius 1 is 1.11 bits per heavy atom. The van der Waals surface area contributed by atoms with E-state index in [0.717, 1.165) is 35.3 Å². The molecule has 1 heterocycles. The van der Waals surface area contributed by atoms with E-state index in [1.54, 1.807) is 31.4 Å². The van der Waals surface area contributed by atoms with Crippen LogP contribution in [0.1, 0.15) is 32.8 Å². The molecule has 0 aliphatic heterocycles. The number of carbonyl (C=O) groups excluding carboxylic acids is 3. The fourth-order valence-corrected chi connectivity index (χ4v) is 4.37. The molecule has 0 radical (unpaired) electrons. The zero-order chi connectivity index (χ0) is 20.1. The molecule has 3 rings (SSSR count). The van der Waals surface area contributed by atoms with Gasteiger partial charge in [-0.05, 0) is 42.5 Å². The molecule has 0 atom stereocenters. The van der Waals surface area contributed by atoms with E-state index in [0.29, 0.717) is 16.3 Å². The van der Waals surface area contributed by atoms with Crippen LogP contribution in [0.2, 0.25) is 0 Å². The zero-order valence-corrected chi connectivity index (χ0v) is 16.5. The topological polar surface area (TPSA) is 90.9 Å². The Bertz CT molecular complexity index is 887. The number of amides is 1. The number of carbonyl (C=O) groups is 3. The normalized spacial score (nSPS) is 12.2. The molecule has 0 saturated carbocycles. The monoisotopic (exact) mass is 403 g/mol. The van der Waals surface area contributed by atoms with Crippen LogP contribution >= 0.6 is 11.3 Å². The Morgan fingerprint density at radius 3 is 2.54 bits per heavy atom. The fraction of sp³-hybridized carbons (Fsp3) is 0.350. The van der Waals surface area contributed by atoms with Gasteiger partial charge in [0.2, 0.25) is 0 Å². The number of methoxy groups -OCH3 is 2. The number of nitrogens with one attached hydrogen (secondary N) is 1. The Labute approximate surface area is 166 Å². The molecule has 1 aliphatic rings. The van der Waals surface area contributed by atoms with Gasteiger partial charge in [0.1, 0.15) is 10.8 Å². The second-order valence-electron chi connectivity index (χ2n) is 6.29. The number of hydrogen-bond donors (Lipinski definition) is 1. The summed E-state index contributed by atoms with van der Waals surface area (Å²) in [5.74, 6) is -0.776. The first-order chi connectivity index (χ1) is 13.5. The molecule has 0 unspecified atom stereocenters. The highest BCUT2D eigenvalue weighted by atomic mass is 32.1. The number of anilines is 1. The fourth-order valence-electron chi connectivity index (χ4n) is 3.08. The first-order valence-electron chi connectivity index (χ1n) is 8.83. The quantitative estimate of drug-likeness (QED) is 0.715. The standard InChI is InChI=1S/C20H21NO6S/c1-25-13-8-6-12(7-9-13)10-17(23)27-11-16(22)21-19-18(20(24)26-2)14-4-3-5-15(14)28-19/h6-9H,3-5,10-11H2,1-2H3,(H,21,22). The third-order valence-corrected chi connectivity index (χ3v) is 5.64. The molecule has 7 nitrogen and oxygen atoms in total. The van der Waals surface area contributed by atoms with E-state index in [1.807, 2.05) is 0 Å². The number of fused-ring (bicyclic) bond motifs is 1. The van der Waals surface area contributed by atoms with Crippen molar-refractivity contribution in [1.29, 1.82) is 0 Å². The van der Waals surface area contributed by atoms with Gasteiger partial charge in [-0.25, -0.2) is 4.79 Å². The molecule has 8 heteroatoms. The molecule has 0 spiro atoms. The highest BCUT2D eigenvalue weighted by Gasteiger charge is 2.28. The van der Waals surface area contributed by atoms with Gasteiger partial charge >= 0.3 is 11.9 Å². The second-order valence-corrected chi connectivity index (χ2v) is 7.39. The number of thiophene rings is 1. The molecule has 1 amide bonds. The summed E-state index contributed by atoms with van der Waals surface area (Å²) in [5.41, 5.74) is 2.12. The average Bonchev–Trinajstić information content (AvgIpc) is 3.27. The van der Waals surface area contributed by atoms with E-state index in [1.165, 1.54) is 18.4 Å². The summed E-state index contributed by atoms with van der Waals surface area (Å²) in [4.78, 5) is 37.3. The van der Waals surface area contributed by atoms with E-state index in [-0.39, 0.29) is 6.42 Å². The highest BCUT2D eigenvalue weighted by Crippen LogP contribution is 2.39. The summed E-state index contributed by atoms with van der Waals surface area (Å²) < 4.78 is 15.0. The van der Waals surface area contributed by atoms with Crippen molar-refractivity contribution >= 4 is 34.2 Å². The van der Waals surface area contributed by atoms with Gasteiger partial charge in [0, 0.05) is 4.88 Å². The molecular weight excluding hydrogens is 382 g/mol. The smallest absolute Gasteiger partial charge is 0.341 e. The predicted molar refractivity (Wildman–Crippen MR) is 104 cm³/mol. The van der Waals surface area contributed by atoms with Crippen LogP contribution in [-0.4, -0.2) is 38.7 Å². The molecule has 1 N–H and O–H groups in total. The van der Waals surface area contributed by atoms with Gasteiger partial charge < -0.3 is 19.5 Å². The minimum Gasteiger partial charge on any atom is -0.497 e. The van der Waals surface area contributed by atoms with Gasteiger partial charge in [0.15, 0.2) is 6.61 Å². The third-order valence-electron chi connectivity index (χ3n) is 4.44. The molecule has 148 valence electrons. The van der Waals surface area contributed by atoms with Crippen molar-refractivity contribution in [2.75, 3.05) is 26.1 Å². The van der Waals surface area contributed by atoms with Gasteiger partial charge in [-0.3, -0.25) is 9.59 Å². The summed E-state index contributed by atoms with van der Waals surface area (Å²) in [6.07, 6.45) is 2.72. The molecule has 1 aromatic carbocycles. The van der Waals surface area contributed by atoms with Crippen LogP contribution in [0.25, 0.3) is 0 Å². The zero-order valence-electron chi connectivity index (χ0n) is 15.7. The summed E-state index contributed by atoms with van der Waals surface area (Å²) in [6, 6.07) is 7.02. The second kappa shape index (κ2) is 8.88. The van der Waals surface area contributed by atoms with Crippen molar-refractivity contribution in [1.82, 2.24) is 0 Å². The van der Waals surface area contributed by atoms with Gasteiger partial charge in [0.25, 0.3) is 5.91 Å². The Balaban J connectivity index is 1.56. The van der Waals surface area contributed by atoms with E-state index in [4.69, 9.17) is 14.2 Å². The number of esters is 2. The van der Waals surface area contributed by atoms with Crippen LogP contribution < -0.4 is 10.1 Å². The lowest BCUT2D eigenvalue weighted by Gasteiger charge is -2.08. The maximum Gasteiger partial charge on any atom is 0.341 e. The van der Waals surface area contributed by atoms with Crippen LogP contribution in [-0.2, 0) is 38.3 Å². The van der Waals surface area contributed by atoms with Crippen LogP contribution in [0.15, 0.2) is 24.3 Å². The van der Waals surface area contributed by atoms with Gasteiger partial charge in [0.05, 0.1) is 26.2 Å². The first kappa shape index (κ1) is 19.9. The Morgan fingerprint density at radius 2 is 1.86 bits per heavy atom. The van der Waals surface area contributed by atoms with Crippen molar-refractivity contribution in [3.05, 3.63) is 45.8 Å². The molecule has 0 fully saturated rings. The molecule has 0 saturated heterocycles. The number of aryl methyl sites for hydroxylation is 1. The van der Waals surface area contributed by atoms with Crippen LogP contribution in [0.4, 0.5) is 5.00 Å². The van der Waals surface area contributed by atoms with Crippen molar-refractivity contribution in [2.45, 2.75) is 25.7 Å². The SMILES string of the molecule is COC(=O)c1c(NC(=O)COC(=O)Cc2ccc(OC)cc2)sc2c1CCC2. The largest absolute Gasteiger partial charge is 0.497 e. The van der Waals surface area contributed by atoms with Crippen molar-refractivity contribution in [3.8, 4) is 5.75 Å². The first-order valence-corrected chi connectivity index (χ1v) is 9.64. The van der Waals surface area contributed by atoms with E-state index >= 15 is 0 Å². The minimum absolute atomic E-state index is 0.0536. The van der Waals surface area contributed by atoms with Gasteiger partial charge in [-0.1, -0.05) is 12.1 Å². The number of ether oxygens (including phenoxy) is 3. The lowest BCUT2D eigenvalue weighted by atomic mass is 10.1. The summed E-state index contributed by atoms with van der Waals surface area (Å²) >= 11 is 1.38. The number of benzene rings is 1. The number of rotatable bonds is 7. The molecule has 28 heavy (non-hydrogen) atoms. The van der Waals surface area contributed by atoms with Gasteiger partial charge in [-0.2, -0.15) is 0 Å². The third kappa shape index (κ3) is 4.51. The molecule has 2 aromatic rings. The maximum atomic E-state index is 12.2. The maximum absolute atomic E-state index is 12.2.